The van der Waals surface area contributed by atoms with E-state index in [4.69, 9.17) is 23.2 Å². The van der Waals surface area contributed by atoms with Crippen LogP contribution >= 0.6 is 34.5 Å². The van der Waals surface area contributed by atoms with E-state index in [1.165, 1.54) is 11.3 Å². The second-order valence-electron chi connectivity index (χ2n) is 8.49. The van der Waals surface area contributed by atoms with Crippen molar-refractivity contribution >= 4 is 71.2 Å². The van der Waals surface area contributed by atoms with Crippen LogP contribution in [0, 0.1) is 6.92 Å². The van der Waals surface area contributed by atoms with Crippen LogP contribution in [0.2, 0.25) is 10.0 Å². The summed E-state index contributed by atoms with van der Waals surface area (Å²) in [5.41, 5.74) is 2.64. The molecule has 0 unspecified atom stereocenters. The average Bonchev–Trinajstić information content (AvgIpc) is 3.12. The molecule has 1 fully saturated rings. The van der Waals surface area contributed by atoms with Crippen molar-refractivity contribution in [1.82, 2.24) is 9.71 Å². The molecule has 0 saturated heterocycles. The van der Waals surface area contributed by atoms with Crippen molar-refractivity contribution in [3.63, 3.8) is 0 Å². The highest BCUT2D eigenvalue weighted by atomic mass is 35.5. The Morgan fingerprint density at radius 2 is 1.64 bits per heavy atom. The highest BCUT2D eigenvalue weighted by Gasteiger charge is 2.28. The molecule has 172 valence electrons. The van der Waals surface area contributed by atoms with Gasteiger partial charge in [-0.05, 0) is 86.0 Å². The fraction of sp³-hybridized carbons (Fsp3) is 0.292. The van der Waals surface area contributed by atoms with Crippen LogP contribution in [0.5, 0.6) is 0 Å². The molecule has 9 heteroatoms. The Bertz CT molecular complexity index is 1450. The van der Waals surface area contributed by atoms with Gasteiger partial charge in [0.15, 0.2) is 0 Å². The normalized spacial score (nSPS) is 19.2. The zero-order chi connectivity index (χ0) is 23.2. The van der Waals surface area contributed by atoms with Crippen LogP contribution < -0.4 is 10.0 Å². The van der Waals surface area contributed by atoms with Gasteiger partial charge < -0.3 is 5.32 Å². The van der Waals surface area contributed by atoms with Gasteiger partial charge in [0.1, 0.15) is 4.21 Å². The summed E-state index contributed by atoms with van der Waals surface area (Å²) in [5, 5.41) is 6.82. The fourth-order valence-corrected chi connectivity index (χ4v) is 7.93. The molecule has 0 bridgehead atoms. The first-order valence-corrected chi connectivity index (χ1v) is 13.9. The predicted molar refractivity (Wildman–Crippen MR) is 138 cm³/mol. The number of anilines is 1. The van der Waals surface area contributed by atoms with Crippen LogP contribution in [0.1, 0.15) is 31.2 Å². The van der Waals surface area contributed by atoms with E-state index in [2.05, 4.69) is 15.0 Å². The zero-order valence-corrected chi connectivity index (χ0v) is 21.1. The van der Waals surface area contributed by atoms with E-state index in [-0.39, 0.29) is 12.1 Å². The number of thiophene rings is 1. The molecular formula is C24H23Cl2N3O2S2. The molecule has 2 aromatic heterocycles. The van der Waals surface area contributed by atoms with Crippen LogP contribution in [0.4, 0.5) is 5.69 Å². The summed E-state index contributed by atoms with van der Waals surface area (Å²) in [5.74, 6) is 0. The molecule has 0 aliphatic heterocycles. The Hall–Kier alpha value is -1.90. The molecule has 5 nitrogen and oxygen atoms in total. The standard InChI is InChI=1S/C24H23Cl2N3O2S2/c1-14-20-12-15(25)3-9-23(20)32-24(14)33(30,31)29-18-6-4-17(5-7-18)28-21-10-11-27-22-13-16(26)2-8-19(21)22/h2-3,8-13,17-18,29H,4-7H2,1H3,(H,27,28). The molecule has 2 aromatic carbocycles. The number of aromatic nitrogens is 1. The van der Waals surface area contributed by atoms with Gasteiger partial charge in [0, 0.05) is 44.1 Å². The van der Waals surface area contributed by atoms with Crippen LogP contribution in [0.15, 0.2) is 52.9 Å². The third kappa shape index (κ3) is 4.70. The largest absolute Gasteiger partial charge is 0.382 e. The summed E-state index contributed by atoms with van der Waals surface area (Å²) in [6.45, 7) is 1.84. The minimum absolute atomic E-state index is 0.0748. The third-order valence-electron chi connectivity index (χ3n) is 6.21. The summed E-state index contributed by atoms with van der Waals surface area (Å²) >= 11 is 13.5. The molecule has 0 amide bonds. The molecule has 2 N–H and O–H groups in total. The maximum atomic E-state index is 13.2. The molecular weight excluding hydrogens is 497 g/mol. The smallest absolute Gasteiger partial charge is 0.250 e. The van der Waals surface area contributed by atoms with Crippen molar-refractivity contribution in [2.24, 2.45) is 0 Å². The lowest BCUT2D eigenvalue weighted by atomic mass is 9.91. The first kappa shape index (κ1) is 22.9. The summed E-state index contributed by atoms with van der Waals surface area (Å²) in [6.07, 6.45) is 5.10. The first-order chi connectivity index (χ1) is 15.8. The molecule has 4 aromatic rings. The van der Waals surface area contributed by atoms with Crippen LogP contribution in [0.3, 0.4) is 0 Å². The maximum Gasteiger partial charge on any atom is 0.250 e. The lowest BCUT2D eigenvalue weighted by Gasteiger charge is -2.30. The number of aryl methyl sites for hydroxylation is 1. The number of hydrogen-bond donors (Lipinski definition) is 2. The zero-order valence-electron chi connectivity index (χ0n) is 17.9. The van der Waals surface area contributed by atoms with Gasteiger partial charge in [0.25, 0.3) is 10.0 Å². The number of fused-ring (bicyclic) bond motifs is 2. The molecule has 1 saturated carbocycles. The van der Waals surface area contributed by atoms with Gasteiger partial charge in [-0.3, -0.25) is 4.98 Å². The Balaban J connectivity index is 1.26. The fourth-order valence-electron chi connectivity index (χ4n) is 4.52. The Labute approximate surface area is 207 Å². The van der Waals surface area contributed by atoms with Crippen LogP contribution in [-0.4, -0.2) is 25.5 Å². The highest BCUT2D eigenvalue weighted by Crippen LogP contribution is 2.36. The van der Waals surface area contributed by atoms with Crippen molar-refractivity contribution in [2.45, 2.75) is 48.9 Å². The molecule has 0 radical (unpaired) electrons. The molecule has 2 heterocycles. The second-order valence-corrected chi connectivity index (χ2v) is 12.3. The average molecular weight is 521 g/mol. The van der Waals surface area contributed by atoms with Crippen molar-refractivity contribution in [2.75, 3.05) is 5.32 Å². The minimum atomic E-state index is -3.59. The van der Waals surface area contributed by atoms with E-state index < -0.39 is 10.0 Å². The minimum Gasteiger partial charge on any atom is -0.382 e. The number of benzene rings is 2. The van der Waals surface area contributed by atoms with E-state index in [0.29, 0.717) is 14.3 Å². The lowest BCUT2D eigenvalue weighted by molar-refractivity contribution is 0.387. The maximum absolute atomic E-state index is 13.2. The number of sulfonamides is 1. The van der Waals surface area contributed by atoms with Crippen LogP contribution in [0.25, 0.3) is 21.0 Å². The topological polar surface area (TPSA) is 71.1 Å². The van der Waals surface area contributed by atoms with Crippen molar-refractivity contribution in [1.29, 1.82) is 0 Å². The van der Waals surface area contributed by atoms with Gasteiger partial charge in [-0.1, -0.05) is 23.2 Å². The van der Waals surface area contributed by atoms with E-state index in [1.54, 1.807) is 12.3 Å². The monoisotopic (exact) mass is 519 g/mol. The van der Waals surface area contributed by atoms with Crippen molar-refractivity contribution in [3.8, 4) is 0 Å². The van der Waals surface area contributed by atoms with Gasteiger partial charge >= 0.3 is 0 Å². The molecule has 5 rings (SSSR count). The molecule has 33 heavy (non-hydrogen) atoms. The van der Waals surface area contributed by atoms with Gasteiger partial charge in [-0.25, -0.2) is 13.1 Å². The van der Waals surface area contributed by atoms with E-state index in [1.807, 2.05) is 43.3 Å². The van der Waals surface area contributed by atoms with E-state index in [9.17, 15) is 8.42 Å². The Morgan fingerprint density at radius 3 is 2.42 bits per heavy atom. The first-order valence-electron chi connectivity index (χ1n) is 10.8. The lowest BCUT2D eigenvalue weighted by Crippen LogP contribution is -2.40. The van der Waals surface area contributed by atoms with Gasteiger partial charge in [-0.2, -0.15) is 0 Å². The van der Waals surface area contributed by atoms with Crippen LogP contribution in [-0.2, 0) is 10.0 Å². The summed E-state index contributed by atoms with van der Waals surface area (Å²) in [6, 6.07) is 13.4. The van der Waals surface area contributed by atoms with Gasteiger partial charge in [0.05, 0.1) is 5.52 Å². The number of pyridine rings is 1. The van der Waals surface area contributed by atoms with Crippen molar-refractivity contribution < 1.29 is 8.42 Å². The summed E-state index contributed by atoms with van der Waals surface area (Å²) in [7, 11) is -3.59. The number of nitrogens with one attached hydrogen (secondary N) is 2. The number of hydrogen-bond acceptors (Lipinski definition) is 5. The third-order valence-corrected chi connectivity index (χ3v) is 10.1. The summed E-state index contributed by atoms with van der Waals surface area (Å²) in [4.78, 5) is 4.40. The molecule has 0 atom stereocenters. The summed E-state index contributed by atoms with van der Waals surface area (Å²) < 4.78 is 30.6. The second kappa shape index (κ2) is 9.04. The van der Waals surface area contributed by atoms with E-state index in [0.717, 1.165) is 57.9 Å². The Kier molecular flexibility index (Phi) is 6.27. The highest BCUT2D eigenvalue weighted by molar-refractivity contribution is 7.91. The van der Waals surface area contributed by atoms with Crippen molar-refractivity contribution in [3.05, 3.63) is 64.3 Å². The number of rotatable bonds is 5. The van der Waals surface area contributed by atoms with E-state index >= 15 is 0 Å². The van der Waals surface area contributed by atoms with Gasteiger partial charge in [-0.15, -0.1) is 11.3 Å². The molecule has 0 spiro atoms. The molecule has 1 aliphatic carbocycles. The Morgan fingerprint density at radius 1 is 0.939 bits per heavy atom. The quantitative estimate of drug-likeness (QED) is 0.305. The molecule has 1 aliphatic rings. The number of nitrogens with zero attached hydrogens (tertiary/aromatic N) is 1. The van der Waals surface area contributed by atoms with Gasteiger partial charge in [0.2, 0.25) is 0 Å². The predicted octanol–water partition coefficient (Wildman–Crippen LogP) is 6.77. The SMILES string of the molecule is Cc1c(S(=O)(=O)NC2CCC(Nc3ccnc4cc(Cl)ccc34)CC2)sc2ccc(Cl)cc12. The number of halogens is 2.